The van der Waals surface area contributed by atoms with E-state index >= 15 is 0 Å². The number of aliphatic hydroxyl groups excluding tert-OH is 2. The second-order valence-electron chi connectivity index (χ2n) is 13.4. The van der Waals surface area contributed by atoms with Gasteiger partial charge in [-0.2, -0.15) is 15.6 Å². The van der Waals surface area contributed by atoms with E-state index in [2.05, 4.69) is 38.3 Å². The maximum atomic E-state index is 11.5. The minimum absolute atomic E-state index is 0.0000327. The summed E-state index contributed by atoms with van der Waals surface area (Å²) in [6.45, 7) is 3.03. The molecule has 0 spiro atoms. The van der Waals surface area contributed by atoms with E-state index in [1.807, 2.05) is 47.3 Å². The maximum Gasteiger partial charge on any atom is 0.323 e. The Balaban J connectivity index is 1.19. The number of aryl methyl sites for hydroxylation is 1. The summed E-state index contributed by atoms with van der Waals surface area (Å²) in [6.07, 6.45) is 4.57. The monoisotopic (exact) mass is 826 g/mol. The molecule has 14 heteroatoms. The van der Waals surface area contributed by atoms with Gasteiger partial charge in [0.1, 0.15) is 30.8 Å². The number of β-amino-alcohol motifs (C(OH)–C–C–N with tert-alkyl or cyclic N) is 1. The van der Waals surface area contributed by atoms with Gasteiger partial charge >= 0.3 is 5.97 Å². The van der Waals surface area contributed by atoms with Crippen molar-refractivity contribution in [1.29, 1.82) is 10.5 Å². The molecule has 2 atom stereocenters. The van der Waals surface area contributed by atoms with Crippen molar-refractivity contribution < 1.29 is 29.6 Å². The van der Waals surface area contributed by atoms with Gasteiger partial charge in [-0.25, -0.2) is 0 Å². The standard InChI is InChI=1S/C41H40BrClN6O6/c42-40-29(5-3-7-33(40)32-6-4-8-37-34(32)21-47-49(37)11-2-1-10-48-12-9-31(51)22-48)25-55-39-17-38(30(16-35(39)43)20-46-36(23-50)41(52)53)54-24-28-14-26(18-44)13-27(15-28)19-45/h3-8,13-17,21,31,36,46,50-51H,1-2,9-12,20,22-25H2,(H,52,53)/t31-,36+/m1/s1. The topological polar surface area (TPSA) is 177 Å². The summed E-state index contributed by atoms with van der Waals surface area (Å²) in [5, 5.41) is 56.4. The van der Waals surface area contributed by atoms with Gasteiger partial charge in [-0.3, -0.25) is 14.8 Å². The van der Waals surface area contributed by atoms with Gasteiger partial charge in [0.15, 0.2) is 0 Å². The number of ether oxygens (including phenoxy) is 2. The summed E-state index contributed by atoms with van der Waals surface area (Å²) in [7, 11) is 0. The molecule has 0 aliphatic carbocycles. The van der Waals surface area contributed by atoms with Crippen molar-refractivity contribution in [1.82, 2.24) is 20.0 Å². The van der Waals surface area contributed by atoms with Crippen LogP contribution in [0.15, 0.2) is 77.4 Å². The first-order valence-corrected chi connectivity index (χ1v) is 19.1. The number of likely N-dealkylation sites (tertiary alicyclic amines) is 1. The molecule has 1 aromatic heterocycles. The first-order chi connectivity index (χ1) is 26.7. The van der Waals surface area contributed by atoms with Gasteiger partial charge in [0.25, 0.3) is 0 Å². The Morgan fingerprint density at radius 3 is 2.42 bits per heavy atom. The quantitative estimate of drug-likeness (QED) is 0.0763. The molecule has 5 aromatic rings. The number of carboxylic acid groups (broad SMARTS) is 1. The molecule has 6 rings (SSSR count). The van der Waals surface area contributed by atoms with Gasteiger partial charge in [0, 0.05) is 53.2 Å². The van der Waals surface area contributed by atoms with Crippen molar-refractivity contribution in [2.75, 3.05) is 26.2 Å². The minimum Gasteiger partial charge on any atom is -0.488 e. The number of benzene rings is 4. The third-order valence-electron chi connectivity index (χ3n) is 9.56. The number of carbonyl (C=O) groups is 1. The fraction of sp³-hybridized carbons (Fsp3) is 0.317. The smallest absolute Gasteiger partial charge is 0.323 e. The Labute approximate surface area is 332 Å². The highest BCUT2D eigenvalue weighted by Gasteiger charge is 2.21. The van der Waals surface area contributed by atoms with Crippen LogP contribution in [0, 0.1) is 22.7 Å². The zero-order chi connectivity index (χ0) is 38.9. The Kier molecular flexibility index (Phi) is 13.4. The van der Waals surface area contributed by atoms with Crippen LogP contribution in [0.3, 0.4) is 0 Å². The minimum atomic E-state index is -1.21. The van der Waals surface area contributed by atoms with Crippen LogP contribution in [-0.4, -0.2) is 74.4 Å². The van der Waals surface area contributed by atoms with Gasteiger partial charge in [-0.15, -0.1) is 0 Å². The lowest BCUT2D eigenvalue weighted by atomic mass is 10.00. The fourth-order valence-corrected chi connectivity index (χ4v) is 7.50. The summed E-state index contributed by atoms with van der Waals surface area (Å²) >= 11 is 10.5. The first kappa shape index (κ1) is 39.7. The van der Waals surface area contributed by atoms with E-state index in [1.54, 1.807) is 24.3 Å². The second kappa shape index (κ2) is 18.6. The number of halogens is 2. The number of unbranched alkanes of at least 4 members (excludes halogenated alkanes) is 1. The number of aliphatic hydroxyl groups is 2. The van der Waals surface area contributed by atoms with Crippen LogP contribution in [0.2, 0.25) is 5.02 Å². The van der Waals surface area contributed by atoms with E-state index < -0.39 is 18.6 Å². The molecule has 4 N–H and O–H groups in total. The molecular formula is C41H40BrClN6O6. The van der Waals surface area contributed by atoms with E-state index in [9.17, 15) is 30.6 Å². The van der Waals surface area contributed by atoms with Crippen LogP contribution in [0.5, 0.6) is 11.5 Å². The van der Waals surface area contributed by atoms with Crippen LogP contribution < -0.4 is 14.8 Å². The number of hydrogen-bond donors (Lipinski definition) is 4. The largest absolute Gasteiger partial charge is 0.488 e. The summed E-state index contributed by atoms with van der Waals surface area (Å²) in [5.41, 5.74) is 5.64. The Morgan fingerprint density at radius 2 is 1.71 bits per heavy atom. The van der Waals surface area contributed by atoms with Gasteiger partial charge in [0.2, 0.25) is 0 Å². The predicted molar refractivity (Wildman–Crippen MR) is 211 cm³/mol. The highest BCUT2D eigenvalue weighted by atomic mass is 79.9. The van der Waals surface area contributed by atoms with Crippen molar-refractivity contribution in [3.8, 4) is 34.8 Å². The molecule has 1 aliphatic heterocycles. The molecule has 55 heavy (non-hydrogen) atoms. The Bertz CT molecular complexity index is 2220. The zero-order valence-corrected chi connectivity index (χ0v) is 32.3. The molecule has 1 fully saturated rings. The molecular weight excluding hydrogens is 788 g/mol. The third kappa shape index (κ3) is 9.82. The third-order valence-corrected chi connectivity index (χ3v) is 10.8. The van der Waals surface area contributed by atoms with Gasteiger partial charge < -0.3 is 29.7 Å². The first-order valence-electron chi connectivity index (χ1n) is 17.9. The van der Waals surface area contributed by atoms with Crippen LogP contribution in [0.4, 0.5) is 0 Å². The number of hydrogen-bond acceptors (Lipinski definition) is 10. The lowest BCUT2D eigenvalue weighted by molar-refractivity contribution is -0.140. The van der Waals surface area contributed by atoms with Crippen LogP contribution in [-0.2, 0) is 31.1 Å². The number of aromatic nitrogens is 2. The number of rotatable bonds is 17. The van der Waals surface area contributed by atoms with Crippen LogP contribution in [0.1, 0.15) is 47.1 Å². The molecule has 4 aromatic carbocycles. The average Bonchev–Trinajstić information content (AvgIpc) is 3.81. The lowest BCUT2D eigenvalue weighted by Crippen LogP contribution is -2.39. The van der Waals surface area contributed by atoms with E-state index in [-0.39, 0.29) is 30.9 Å². The SMILES string of the molecule is N#Cc1cc(C#N)cc(COc2cc(OCc3cccc(-c4cccc5c4cnn5CCCCN4CC[C@@H](O)C4)c3Br)c(Cl)cc2CN[C@@H](CO)C(=O)O)c1. The Morgan fingerprint density at radius 1 is 0.982 bits per heavy atom. The van der Waals surface area contributed by atoms with E-state index in [0.29, 0.717) is 33.8 Å². The lowest BCUT2D eigenvalue weighted by Gasteiger charge is -2.18. The highest BCUT2D eigenvalue weighted by molar-refractivity contribution is 9.10. The molecule has 284 valence electrons. The molecule has 0 amide bonds. The van der Waals surface area contributed by atoms with Crippen molar-refractivity contribution >= 4 is 44.4 Å². The van der Waals surface area contributed by atoms with Crippen molar-refractivity contribution in [2.24, 2.45) is 0 Å². The number of nitriles is 2. The van der Waals surface area contributed by atoms with Gasteiger partial charge in [0.05, 0.1) is 52.7 Å². The molecule has 0 unspecified atom stereocenters. The summed E-state index contributed by atoms with van der Waals surface area (Å²) in [6, 6.07) is 23.0. The maximum absolute atomic E-state index is 11.5. The number of nitrogens with one attached hydrogen (secondary N) is 1. The molecule has 12 nitrogen and oxygen atoms in total. The van der Waals surface area contributed by atoms with Crippen molar-refractivity contribution in [3.63, 3.8) is 0 Å². The normalized spacial score (nSPS) is 14.8. The average molecular weight is 828 g/mol. The molecule has 0 radical (unpaired) electrons. The molecule has 1 saturated heterocycles. The van der Waals surface area contributed by atoms with Gasteiger partial charge in [-0.1, -0.05) is 41.9 Å². The van der Waals surface area contributed by atoms with E-state index in [1.165, 1.54) is 6.07 Å². The summed E-state index contributed by atoms with van der Waals surface area (Å²) in [4.78, 5) is 13.9. The van der Waals surface area contributed by atoms with Crippen LogP contribution >= 0.6 is 27.5 Å². The Hall–Kier alpha value is -4.99. The van der Waals surface area contributed by atoms with E-state index in [4.69, 9.17) is 26.2 Å². The van der Waals surface area contributed by atoms with Crippen molar-refractivity contribution in [2.45, 2.75) is 57.7 Å². The number of carboxylic acids is 1. The summed E-state index contributed by atoms with van der Waals surface area (Å²) in [5.74, 6) is -0.555. The second-order valence-corrected chi connectivity index (χ2v) is 14.6. The number of fused-ring (bicyclic) bond motifs is 1. The molecule has 2 heterocycles. The fourth-order valence-electron chi connectivity index (χ4n) is 6.67. The van der Waals surface area contributed by atoms with E-state index in [0.717, 1.165) is 77.5 Å². The van der Waals surface area contributed by atoms with Crippen molar-refractivity contribution in [3.05, 3.63) is 110 Å². The molecule has 0 bridgehead atoms. The predicted octanol–water partition coefficient (Wildman–Crippen LogP) is 6.40. The molecule has 1 aliphatic rings. The van der Waals surface area contributed by atoms with Gasteiger partial charge in [-0.05, 0) is 88.8 Å². The highest BCUT2D eigenvalue weighted by Crippen LogP contribution is 2.38. The van der Waals surface area contributed by atoms with Crippen LogP contribution in [0.25, 0.3) is 22.0 Å². The molecule has 0 saturated carbocycles. The number of aliphatic carboxylic acids is 1. The zero-order valence-electron chi connectivity index (χ0n) is 29.9. The summed E-state index contributed by atoms with van der Waals surface area (Å²) < 4.78 is 15.3. The number of nitrogens with zero attached hydrogens (tertiary/aromatic N) is 5.